The predicted octanol–water partition coefficient (Wildman–Crippen LogP) is 1.79. The zero-order chi connectivity index (χ0) is 10.2. The lowest BCUT2D eigenvalue weighted by molar-refractivity contribution is 0.817. The van der Waals surface area contributed by atoms with Crippen LogP contribution in [0.25, 0.3) is 0 Å². The Bertz CT molecular complexity index is 344. The van der Waals surface area contributed by atoms with Crippen molar-refractivity contribution in [2.24, 2.45) is 0 Å². The minimum Gasteiger partial charge on any atom is -0.365 e. The van der Waals surface area contributed by atoms with Crippen LogP contribution in [0.5, 0.6) is 0 Å². The third kappa shape index (κ3) is 1.78. The fraction of sp³-hybridized carbons (Fsp3) is 0.600. The second kappa shape index (κ2) is 3.12. The van der Waals surface area contributed by atoms with Crippen LogP contribution in [0.3, 0.4) is 0 Å². The molecule has 0 spiro atoms. The molecule has 1 fully saturated rings. The summed E-state index contributed by atoms with van der Waals surface area (Å²) in [6.07, 6.45) is 4.30. The molecule has 4 heteroatoms. The molecule has 14 heavy (non-hydrogen) atoms. The van der Waals surface area contributed by atoms with Gasteiger partial charge in [-0.15, -0.1) is 0 Å². The standard InChI is InChI=1S/C10H16N4/c1-7-6-12-9(11-3)13-8(7)14-10(2)4-5-10/h6H,4-5H2,1-3H3,(H2,11,12,13,14). The smallest absolute Gasteiger partial charge is 0.224 e. The van der Waals surface area contributed by atoms with Crippen molar-refractivity contribution in [1.82, 2.24) is 9.97 Å². The summed E-state index contributed by atoms with van der Waals surface area (Å²) in [4.78, 5) is 8.53. The largest absolute Gasteiger partial charge is 0.365 e. The van der Waals surface area contributed by atoms with Crippen molar-refractivity contribution >= 4 is 11.8 Å². The van der Waals surface area contributed by atoms with Gasteiger partial charge in [-0.25, -0.2) is 4.98 Å². The van der Waals surface area contributed by atoms with E-state index in [-0.39, 0.29) is 5.54 Å². The molecule has 0 amide bonds. The second-order valence-electron chi connectivity index (χ2n) is 4.16. The first-order valence-electron chi connectivity index (χ1n) is 4.92. The Kier molecular flexibility index (Phi) is 2.06. The van der Waals surface area contributed by atoms with Gasteiger partial charge in [-0.3, -0.25) is 0 Å². The number of nitrogens with one attached hydrogen (secondary N) is 2. The number of hydrogen-bond donors (Lipinski definition) is 2. The molecule has 76 valence electrons. The molecule has 0 unspecified atom stereocenters. The molecule has 1 aromatic rings. The van der Waals surface area contributed by atoms with E-state index in [1.165, 1.54) is 12.8 Å². The van der Waals surface area contributed by atoms with Crippen LogP contribution in [0.15, 0.2) is 6.20 Å². The average Bonchev–Trinajstić information content (AvgIpc) is 2.88. The fourth-order valence-electron chi connectivity index (χ4n) is 1.29. The van der Waals surface area contributed by atoms with Crippen molar-refractivity contribution in [2.75, 3.05) is 17.7 Å². The number of nitrogens with zero attached hydrogens (tertiary/aromatic N) is 2. The molecular formula is C10H16N4. The van der Waals surface area contributed by atoms with E-state index in [4.69, 9.17) is 0 Å². The Balaban J connectivity index is 2.22. The second-order valence-corrected chi connectivity index (χ2v) is 4.16. The summed E-state index contributed by atoms with van der Waals surface area (Å²) in [5.41, 5.74) is 1.36. The van der Waals surface area contributed by atoms with Crippen LogP contribution in [0.2, 0.25) is 0 Å². The number of anilines is 2. The molecule has 1 heterocycles. The molecule has 0 aromatic carbocycles. The average molecular weight is 192 g/mol. The molecule has 2 rings (SSSR count). The Labute approximate surface area is 84.2 Å². The van der Waals surface area contributed by atoms with E-state index in [1.807, 2.05) is 20.2 Å². The molecule has 0 saturated heterocycles. The summed E-state index contributed by atoms with van der Waals surface area (Å²) in [5, 5.41) is 6.38. The van der Waals surface area contributed by atoms with E-state index in [1.54, 1.807) is 0 Å². The van der Waals surface area contributed by atoms with Gasteiger partial charge in [0.05, 0.1) is 0 Å². The molecule has 2 N–H and O–H groups in total. The summed E-state index contributed by atoms with van der Waals surface area (Å²) in [5.74, 6) is 1.62. The highest BCUT2D eigenvalue weighted by Crippen LogP contribution is 2.38. The van der Waals surface area contributed by atoms with Crippen molar-refractivity contribution in [3.63, 3.8) is 0 Å². The molecule has 1 aliphatic carbocycles. The molecule has 0 aliphatic heterocycles. The number of rotatable bonds is 3. The van der Waals surface area contributed by atoms with Crippen molar-refractivity contribution in [3.8, 4) is 0 Å². The summed E-state index contributed by atoms with van der Waals surface area (Å²) >= 11 is 0. The molecule has 1 aliphatic rings. The lowest BCUT2D eigenvalue weighted by Gasteiger charge is -2.14. The van der Waals surface area contributed by atoms with Gasteiger partial charge in [0.15, 0.2) is 0 Å². The maximum atomic E-state index is 4.38. The van der Waals surface area contributed by atoms with Gasteiger partial charge in [0.1, 0.15) is 5.82 Å². The summed E-state index contributed by atoms with van der Waals surface area (Å²) in [7, 11) is 1.83. The third-order valence-electron chi connectivity index (χ3n) is 2.62. The van der Waals surface area contributed by atoms with Crippen LogP contribution in [-0.2, 0) is 0 Å². The molecule has 4 nitrogen and oxygen atoms in total. The van der Waals surface area contributed by atoms with Gasteiger partial charge in [-0.1, -0.05) is 0 Å². The Hall–Kier alpha value is -1.32. The Morgan fingerprint density at radius 2 is 2.14 bits per heavy atom. The minimum atomic E-state index is 0.268. The molecule has 0 bridgehead atoms. The number of hydrogen-bond acceptors (Lipinski definition) is 4. The molecule has 1 saturated carbocycles. The Morgan fingerprint density at radius 1 is 1.43 bits per heavy atom. The van der Waals surface area contributed by atoms with E-state index < -0.39 is 0 Å². The number of aromatic nitrogens is 2. The summed E-state index contributed by atoms with van der Waals surface area (Å²) in [6.45, 7) is 4.24. The maximum absolute atomic E-state index is 4.38. The van der Waals surface area contributed by atoms with Crippen molar-refractivity contribution in [2.45, 2.75) is 32.2 Å². The molecular weight excluding hydrogens is 176 g/mol. The zero-order valence-corrected chi connectivity index (χ0v) is 8.89. The van der Waals surface area contributed by atoms with E-state index in [2.05, 4.69) is 27.5 Å². The van der Waals surface area contributed by atoms with Gasteiger partial charge in [-0.2, -0.15) is 4.98 Å². The quantitative estimate of drug-likeness (QED) is 0.766. The zero-order valence-electron chi connectivity index (χ0n) is 8.89. The first-order valence-corrected chi connectivity index (χ1v) is 4.92. The van der Waals surface area contributed by atoms with Crippen molar-refractivity contribution in [1.29, 1.82) is 0 Å². The minimum absolute atomic E-state index is 0.268. The molecule has 0 atom stereocenters. The number of aryl methyl sites for hydroxylation is 1. The van der Waals surface area contributed by atoms with Gasteiger partial charge in [0.2, 0.25) is 5.95 Å². The monoisotopic (exact) mass is 192 g/mol. The van der Waals surface area contributed by atoms with E-state index in [0.29, 0.717) is 5.95 Å². The summed E-state index contributed by atoms with van der Waals surface area (Å²) < 4.78 is 0. The van der Waals surface area contributed by atoms with E-state index in [9.17, 15) is 0 Å². The SMILES string of the molecule is CNc1ncc(C)c(NC2(C)CC2)n1. The predicted molar refractivity (Wildman–Crippen MR) is 57.6 cm³/mol. The Morgan fingerprint density at radius 3 is 2.71 bits per heavy atom. The van der Waals surface area contributed by atoms with Gasteiger partial charge < -0.3 is 10.6 Å². The van der Waals surface area contributed by atoms with Crippen LogP contribution in [0.4, 0.5) is 11.8 Å². The van der Waals surface area contributed by atoms with Crippen LogP contribution >= 0.6 is 0 Å². The first kappa shape index (κ1) is 9.24. The molecule has 0 radical (unpaired) electrons. The lowest BCUT2D eigenvalue weighted by atomic mass is 10.3. The fourth-order valence-corrected chi connectivity index (χ4v) is 1.29. The van der Waals surface area contributed by atoms with Crippen LogP contribution < -0.4 is 10.6 Å². The van der Waals surface area contributed by atoms with Crippen LogP contribution in [0.1, 0.15) is 25.3 Å². The lowest BCUT2D eigenvalue weighted by Crippen LogP contribution is -2.18. The topological polar surface area (TPSA) is 49.8 Å². The highest BCUT2D eigenvalue weighted by molar-refractivity contribution is 5.49. The summed E-state index contributed by atoms with van der Waals surface area (Å²) in [6, 6.07) is 0. The normalized spacial score (nSPS) is 17.6. The highest BCUT2D eigenvalue weighted by atomic mass is 15.2. The van der Waals surface area contributed by atoms with Crippen LogP contribution in [-0.4, -0.2) is 22.6 Å². The van der Waals surface area contributed by atoms with Crippen molar-refractivity contribution in [3.05, 3.63) is 11.8 Å². The van der Waals surface area contributed by atoms with Gasteiger partial charge >= 0.3 is 0 Å². The maximum Gasteiger partial charge on any atom is 0.224 e. The van der Waals surface area contributed by atoms with Crippen molar-refractivity contribution < 1.29 is 0 Å². The van der Waals surface area contributed by atoms with Gasteiger partial charge in [0.25, 0.3) is 0 Å². The van der Waals surface area contributed by atoms with E-state index in [0.717, 1.165) is 11.4 Å². The first-order chi connectivity index (χ1) is 6.63. The molecule has 1 aromatic heterocycles. The van der Waals surface area contributed by atoms with Gasteiger partial charge in [0, 0.05) is 24.3 Å². The van der Waals surface area contributed by atoms with Gasteiger partial charge in [-0.05, 0) is 26.7 Å². The third-order valence-corrected chi connectivity index (χ3v) is 2.62. The van der Waals surface area contributed by atoms with E-state index >= 15 is 0 Å². The highest BCUT2D eigenvalue weighted by Gasteiger charge is 2.37. The van der Waals surface area contributed by atoms with Crippen LogP contribution in [0, 0.1) is 6.92 Å².